The predicted octanol–water partition coefficient (Wildman–Crippen LogP) is 2.24. The third-order valence-electron chi connectivity index (χ3n) is 2.20. The molecule has 15 heavy (non-hydrogen) atoms. The molecule has 1 aliphatic rings. The summed E-state index contributed by atoms with van der Waals surface area (Å²) < 4.78 is 21.5. The van der Waals surface area contributed by atoms with Gasteiger partial charge in [0.1, 0.15) is 6.29 Å². The van der Waals surface area contributed by atoms with E-state index in [1.165, 1.54) is 14.2 Å². The van der Waals surface area contributed by atoms with Crippen LogP contribution in [0.4, 0.5) is 0 Å². The van der Waals surface area contributed by atoms with Crippen molar-refractivity contribution in [1.82, 2.24) is 0 Å². The Morgan fingerprint density at radius 1 is 1.33 bits per heavy atom. The van der Waals surface area contributed by atoms with Crippen LogP contribution >= 0.6 is 31.1 Å². The summed E-state index contributed by atoms with van der Waals surface area (Å²) in [5.41, 5.74) is 0. The van der Waals surface area contributed by atoms with Gasteiger partial charge in [0.2, 0.25) is 0 Å². The number of aldehydes is 1. The first-order chi connectivity index (χ1) is 7.10. The van der Waals surface area contributed by atoms with Gasteiger partial charge in [0.25, 0.3) is 0 Å². The van der Waals surface area contributed by atoms with E-state index in [2.05, 4.69) is 0 Å². The Morgan fingerprint density at radius 3 is 2.27 bits per heavy atom. The second-order valence-electron chi connectivity index (χ2n) is 3.11. The van der Waals surface area contributed by atoms with Crippen molar-refractivity contribution in [3.8, 4) is 0 Å². The monoisotopic (exact) mass is 270 g/mol. The van der Waals surface area contributed by atoms with Gasteiger partial charge in [-0.3, -0.25) is 4.57 Å². The molecule has 0 aliphatic carbocycles. The summed E-state index contributed by atoms with van der Waals surface area (Å²) in [5.74, 6) is 1.96. The Hall–Kier alpha value is 0.520. The van der Waals surface area contributed by atoms with Crippen molar-refractivity contribution in [2.45, 2.75) is 10.5 Å². The molecule has 7 heteroatoms. The fourth-order valence-corrected chi connectivity index (χ4v) is 6.82. The van der Waals surface area contributed by atoms with E-state index in [1.54, 1.807) is 23.5 Å². The summed E-state index contributed by atoms with van der Waals surface area (Å²) in [5, 5.41) is 0. The lowest BCUT2D eigenvalue weighted by atomic mass is 10.3. The lowest BCUT2D eigenvalue weighted by Gasteiger charge is -2.27. The largest absolute Gasteiger partial charge is 0.332 e. The van der Waals surface area contributed by atoms with E-state index in [0.29, 0.717) is 12.6 Å². The molecule has 0 saturated carbocycles. The maximum atomic E-state index is 12.0. The van der Waals surface area contributed by atoms with Gasteiger partial charge in [-0.2, -0.15) is 0 Å². The summed E-state index contributed by atoms with van der Waals surface area (Å²) in [4.78, 5) is 10.6. The molecule has 0 aromatic carbocycles. The molecule has 0 bridgehead atoms. The van der Waals surface area contributed by atoms with Crippen LogP contribution in [0.25, 0.3) is 0 Å². The van der Waals surface area contributed by atoms with Crippen molar-refractivity contribution >= 4 is 37.4 Å². The minimum Gasteiger partial charge on any atom is -0.312 e. The molecule has 0 spiro atoms. The minimum absolute atomic E-state index is 0.293. The fraction of sp³-hybridized carbons (Fsp3) is 0.875. The van der Waals surface area contributed by atoms with Crippen LogP contribution in [0.1, 0.15) is 6.42 Å². The van der Waals surface area contributed by atoms with Crippen LogP contribution in [0, 0.1) is 0 Å². The smallest absolute Gasteiger partial charge is 0.312 e. The van der Waals surface area contributed by atoms with E-state index in [-0.39, 0.29) is 4.08 Å². The van der Waals surface area contributed by atoms with Gasteiger partial charge in [0.05, 0.1) is 10.2 Å². The van der Waals surface area contributed by atoms with Crippen LogP contribution in [0.5, 0.6) is 0 Å². The first-order valence-corrected chi connectivity index (χ1v) is 8.22. The third-order valence-corrected chi connectivity index (χ3v) is 8.12. The van der Waals surface area contributed by atoms with Crippen LogP contribution in [0.15, 0.2) is 0 Å². The Morgan fingerprint density at radius 2 is 1.87 bits per heavy atom. The molecule has 0 amide bonds. The zero-order valence-corrected chi connectivity index (χ0v) is 11.3. The Balaban J connectivity index is 2.73. The second-order valence-corrected chi connectivity index (χ2v) is 8.60. The lowest BCUT2D eigenvalue weighted by molar-refractivity contribution is -0.107. The highest BCUT2D eigenvalue weighted by atomic mass is 32.2. The second kappa shape index (κ2) is 5.73. The molecule has 0 N–H and O–H groups in total. The molecule has 1 fully saturated rings. The van der Waals surface area contributed by atoms with Crippen LogP contribution in [0.2, 0.25) is 0 Å². The van der Waals surface area contributed by atoms with Crippen molar-refractivity contribution < 1.29 is 18.4 Å². The molecule has 0 atom stereocenters. The first kappa shape index (κ1) is 13.6. The van der Waals surface area contributed by atoms with Gasteiger partial charge in [0.15, 0.2) is 0 Å². The molecule has 1 saturated heterocycles. The number of hydrogen-bond donors (Lipinski definition) is 0. The topological polar surface area (TPSA) is 52.6 Å². The van der Waals surface area contributed by atoms with Crippen molar-refractivity contribution in [2.75, 3.05) is 31.9 Å². The molecular weight excluding hydrogens is 255 g/mol. The first-order valence-electron chi connectivity index (χ1n) is 4.52. The lowest BCUT2D eigenvalue weighted by Crippen LogP contribution is -2.24. The van der Waals surface area contributed by atoms with Gasteiger partial charge < -0.3 is 13.8 Å². The highest BCUT2D eigenvalue weighted by Crippen LogP contribution is 2.58. The number of rotatable bonds is 6. The maximum absolute atomic E-state index is 12.0. The van der Waals surface area contributed by atoms with Gasteiger partial charge >= 0.3 is 7.60 Å². The molecule has 88 valence electrons. The fourth-order valence-electron chi connectivity index (χ4n) is 1.40. The highest BCUT2D eigenvalue weighted by Gasteiger charge is 2.42. The van der Waals surface area contributed by atoms with Crippen LogP contribution in [-0.4, -0.2) is 42.3 Å². The third kappa shape index (κ3) is 3.49. The van der Waals surface area contributed by atoms with Crippen LogP contribution in [-0.2, 0) is 18.4 Å². The molecule has 1 aliphatic heterocycles. The zero-order chi connectivity index (χ0) is 11.4. The molecule has 0 unspecified atom stereocenters. The van der Waals surface area contributed by atoms with Crippen molar-refractivity contribution in [1.29, 1.82) is 0 Å². The van der Waals surface area contributed by atoms with E-state index in [0.717, 1.165) is 17.8 Å². The van der Waals surface area contributed by atoms with Gasteiger partial charge in [-0.1, -0.05) is 0 Å². The average Bonchev–Trinajstić information content (AvgIpc) is 2.67. The van der Waals surface area contributed by atoms with Crippen molar-refractivity contribution in [3.63, 3.8) is 0 Å². The minimum atomic E-state index is -3.03. The van der Waals surface area contributed by atoms with E-state index in [1.807, 2.05) is 0 Å². The molecule has 1 rings (SSSR count). The average molecular weight is 270 g/mol. The molecule has 0 aromatic rings. The highest BCUT2D eigenvalue weighted by molar-refractivity contribution is 8.21. The van der Waals surface area contributed by atoms with Gasteiger partial charge in [-0.15, -0.1) is 23.5 Å². The Bertz CT molecular complexity index is 257. The summed E-state index contributed by atoms with van der Waals surface area (Å²) in [6.07, 6.45) is 1.56. The molecule has 0 radical (unpaired) electrons. The van der Waals surface area contributed by atoms with Gasteiger partial charge in [-0.25, -0.2) is 0 Å². The molecule has 4 nitrogen and oxygen atoms in total. The van der Waals surface area contributed by atoms with E-state index in [9.17, 15) is 9.36 Å². The Kier molecular flexibility index (Phi) is 5.19. The summed E-state index contributed by atoms with van der Waals surface area (Å²) >= 11 is 3.34. The SMILES string of the molecule is COP(=O)(CC1(CC=O)SCCS1)OC. The normalized spacial score (nSPS) is 20.4. The van der Waals surface area contributed by atoms with Crippen LogP contribution in [0.3, 0.4) is 0 Å². The molecule has 1 heterocycles. The van der Waals surface area contributed by atoms with Gasteiger partial charge in [-0.05, 0) is 0 Å². The van der Waals surface area contributed by atoms with Crippen LogP contribution < -0.4 is 0 Å². The molecule has 0 aromatic heterocycles. The number of hydrogen-bond acceptors (Lipinski definition) is 6. The summed E-state index contributed by atoms with van der Waals surface area (Å²) in [7, 11) is -0.270. The number of carbonyl (C=O) groups is 1. The van der Waals surface area contributed by atoms with E-state index < -0.39 is 7.60 Å². The standard InChI is InChI=1S/C8H15O4PS2/c1-11-13(10,12-2)7-8(3-4-9)14-5-6-15-8/h4H,3,5-7H2,1-2H3. The molecular formula is C8H15O4PS2. The van der Waals surface area contributed by atoms with E-state index in [4.69, 9.17) is 9.05 Å². The summed E-state index contributed by atoms with van der Waals surface area (Å²) in [6, 6.07) is 0. The quantitative estimate of drug-likeness (QED) is 0.545. The number of carbonyl (C=O) groups excluding carboxylic acids is 1. The predicted molar refractivity (Wildman–Crippen MR) is 64.8 cm³/mol. The van der Waals surface area contributed by atoms with Crippen molar-refractivity contribution in [3.05, 3.63) is 0 Å². The Labute approximate surface area is 98.4 Å². The van der Waals surface area contributed by atoms with E-state index >= 15 is 0 Å². The van der Waals surface area contributed by atoms with Gasteiger partial charge in [0, 0.05) is 32.1 Å². The number of thioether (sulfide) groups is 2. The van der Waals surface area contributed by atoms with Crippen molar-refractivity contribution in [2.24, 2.45) is 0 Å². The summed E-state index contributed by atoms with van der Waals surface area (Å²) in [6.45, 7) is 0. The maximum Gasteiger partial charge on any atom is 0.332 e. The zero-order valence-electron chi connectivity index (χ0n) is 8.80.